The second-order valence-electron chi connectivity index (χ2n) is 1.15. The summed E-state index contributed by atoms with van der Waals surface area (Å²) in [5.41, 5.74) is 0. The van der Waals surface area contributed by atoms with Crippen LogP contribution in [0.15, 0.2) is 0 Å². The molecule has 0 saturated carbocycles. The van der Waals surface area contributed by atoms with Gasteiger partial charge in [-0.05, 0) is 18.6 Å². The predicted molar refractivity (Wildman–Crippen MR) is 27.6 cm³/mol. The fourth-order valence-corrected chi connectivity index (χ4v) is 0. The second-order valence-corrected chi connectivity index (χ2v) is 1.47. The SMILES string of the molecule is BN(C)C(=O)Cl. The Hall–Kier alpha value is -0.175. The van der Waals surface area contributed by atoms with E-state index in [9.17, 15) is 4.79 Å². The van der Waals surface area contributed by atoms with Crippen molar-refractivity contribution in [1.82, 2.24) is 4.81 Å². The van der Waals surface area contributed by atoms with E-state index in [0.29, 0.717) is 0 Å². The van der Waals surface area contributed by atoms with E-state index in [0.717, 1.165) is 0 Å². The Morgan fingerprint density at radius 1 is 2.00 bits per heavy atom. The first kappa shape index (κ1) is 5.82. The van der Waals surface area contributed by atoms with Crippen LogP contribution in [-0.4, -0.2) is 25.2 Å². The Kier molecular flexibility index (Phi) is 2.02. The van der Waals surface area contributed by atoms with Gasteiger partial charge in [-0.25, -0.2) is 0 Å². The molecule has 0 aliphatic rings. The van der Waals surface area contributed by atoms with Crippen molar-refractivity contribution in [1.29, 1.82) is 0 Å². The number of rotatable bonds is 0. The molecule has 34 valence electrons. The summed E-state index contributed by atoms with van der Waals surface area (Å²) in [6.45, 7) is 0. The van der Waals surface area contributed by atoms with Crippen molar-refractivity contribution in [3.63, 3.8) is 0 Å². The molecule has 0 aromatic heterocycles. The van der Waals surface area contributed by atoms with Gasteiger partial charge < -0.3 is 4.81 Å². The van der Waals surface area contributed by atoms with E-state index in [4.69, 9.17) is 11.6 Å². The Bertz CT molecular complexity index is 64.6. The van der Waals surface area contributed by atoms with Crippen LogP contribution >= 0.6 is 11.6 Å². The van der Waals surface area contributed by atoms with Crippen LogP contribution in [0.2, 0.25) is 0 Å². The van der Waals surface area contributed by atoms with Crippen LogP contribution in [0.4, 0.5) is 4.79 Å². The van der Waals surface area contributed by atoms with Gasteiger partial charge in [0.25, 0.3) is 0 Å². The molecule has 1 amide bonds. The van der Waals surface area contributed by atoms with E-state index in [1.165, 1.54) is 4.81 Å². The summed E-state index contributed by atoms with van der Waals surface area (Å²) in [5.74, 6) is 0. The van der Waals surface area contributed by atoms with E-state index >= 15 is 0 Å². The van der Waals surface area contributed by atoms with Crippen LogP contribution in [0.3, 0.4) is 0 Å². The van der Waals surface area contributed by atoms with Gasteiger partial charge in [-0.1, -0.05) is 0 Å². The van der Waals surface area contributed by atoms with Gasteiger partial charge in [-0.3, -0.25) is 4.79 Å². The quantitative estimate of drug-likeness (QED) is 0.238. The summed E-state index contributed by atoms with van der Waals surface area (Å²) in [6, 6.07) is 0. The third-order valence-electron chi connectivity index (χ3n) is 0.352. The number of amides is 1. The second kappa shape index (κ2) is 2.08. The highest BCUT2D eigenvalue weighted by atomic mass is 35.5. The number of hydrogen-bond acceptors (Lipinski definition) is 1. The van der Waals surface area contributed by atoms with E-state index < -0.39 is 5.37 Å². The molecular formula is C2H5BClNO. The highest BCUT2D eigenvalue weighted by Crippen LogP contribution is 1.82. The van der Waals surface area contributed by atoms with Crippen molar-refractivity contribution in [3.8, 4) is 0 Å². The average molecular weight is 105 g/mol. The summed E-state index contributed by atoms with van der Waals surface area (Å²) < 4.78 is 0. The summed E-state index contributed by atoms with van der Waals surface area (Å²) >= 11 is 4.90. The molecule has 0 radical (unpaired) electrons. The minimum atomic E-state index is -0.435. The molecular weight excluding hydrogens is 100 g/mol. The van der Waals surface area contributed by atoms with Gasteiger partial charge in [-0.2, -0.15) is 0 Å². The lowest BCUT2D eigenvalue weighted by atomic mass is 10.4. The van der Waals surface area contributed by atoms with Gasteiger partial charge in [0.1, 0.15) is 0 Å². The molecule has 0 aromatic carbocycles. The molecule has 0 fully saturated rings. The Morgan fingerprint density at radius 3 is 2.17 bits per heavy atom. The standard InChI is InChI=1S/C2H5BClNO/c1-5(3)2(4)6/h3H2,1H3. The van der Waals surface area contributed by atoms with Gasteiger partial charge in [0.15, 0.2) is 0 Å². The van der Waals surface area contributed by atoms with E-state index in [-0.39, 0.29) is 0 Å². The topological polar surface area (TPSA) is 20.3 Å². The zero-order chi connectivity index (χ0) is 5.15. The normalized spacial score (nSPS) is 7.67. The van der Waals surface area contributed by atoms with E-state index in [1.807, 2.05) is 0 Å². The van der Waals surface area contributed by atoms with E-state index in [2.05, 4.69) is 0 Å². The monoisotopic (exact) mass is 105 g/mol. The number of carbonyl (C=O) groups excluding carboxylic acids is 1. The minimum absolute atomic E-state index is 0.435. The predicted octanol–water partition coefficient (Wildman–Crippen LogP) is -0.175. The lowest BCUT2D eigenvalue weighted by Crippen LogP contribution is -2.15. The summed E-state index contributed by atoms with van der Waals surface area (Å²) in [6.07, 6.45) is 0. The molecule has 0 bridgehead atoms. The fourth-order valence-electron chi connectivity index (χ4n) is 0. The molecule has 0 N–H and O–H groups in total. The van der Waals surface area contributed by atoms with Crippen molar-refractivity contribution >= 4 is 24.9 Å². The maximum absolute atomic E-state index is 9.83. The van der Waals surface area contributed by atoms with Crippen molar-refractivity contribution in [2.24, 2.45) is 0 Å². The molecule has 0 unspecified atom stereocenters. The van der Waals surface area contributed by atoms with E-state index in [1.54, 1.807) is 15.0 Å². The number of halogens is 1. The average Bonchev–Trinajstić information content (AvgIpc) is 1.36. The molecule has 0 saturated heterocycles. The van der Waals surface area contributed by atoms with Gasteiger partial charge in [-0.15, -0.1) is 0 Å². The van der Waals surface area contributed by atoms with Crippen LogP contribution in [0.5, 0.6) is 0 Å². The van der Waals surface area contributed by atoms with Crippen molar-refractivity contribution in [2.45, 2.75) is 0 Å². The largest absolute Gasteiger partial charge is 0.383 e. The van der Waals surface area contributed by atoms with Crippen molar-refractivity contribution < 1.29 is 4.79 Å². The highest BCUT2D eigenvalue weighted by molar-refractivity contribution is 6.64. The van der Waals surface area contributed by atoms with Gasteiger partial charge in [0.2, 0.25) is 7.98 Å². The van der Waals surface area contributed by atoms with Crippen LogP contribution in [0, 0.1) is 0 Å². The van der Waals surface area contributed by atoms with Gasteiger partial charge >= 0.3 is 5.37 Å². The number of nitrogens with zero attached hydrogens (tertiary/aromatic N) is 1. The molecule has 2 nitrogen and oxygen atoms in total. The Balaban J connectivity index is 3.26. The molecule has 0 rings (SSSR count). The Morgan fingerprint density at radius 2 is 2.17 bits per heavy atom. The molecule has 0 heterocycles. The molecule has 0 spiro atoms. The van der Waals surface area contributed by atoms with Crippen LogP contribution in [0.1, 0.15) is 0 Å². The number of hydrogen-bond donors (Lipinski definition) is 0. The first-order valence-electron chi connectivity index (χ1n) is 1.51. The highest BCUT2D eigenvalue weighted by Gasteiger charge is 1.91. The summed E-state index contributed by atoms with van der Waals surface area (Å²) in [5, 5.41) is -0.435. The zero-order valence-electron chi connectivity index (χ0n) is 3.73. The first-order chi connectivity index (χ1) is 2.64. The van der Waals surface area contributed by atoms with Crippen LogP contribution in [0.25, 0.3) is 0 Å². The summed E-state index contributed by atoms with van der Waals surface area (Å²) in [7, 11) is 3.19. The lowest BCUT2D eigenvalue weighted by Gasteiger charge is -2.00. The summed E-state index contributed by atoms with van der Waals surface area (Å²) in [4.78, 5) is 11.1. The molecule has 6 heavy (non-hydrogen) atoms. The van der Waals surface area contributed by atoms with Crippen molar-refractivity contribution in [3.05, 3.63) is 0 Å². The molecule has 4 heteroatoms. The smallest absolute Gasteiger partial charge is 0.303 e. The maximum atomic E-state index is 9.83. The molecule has 0 aliphatic heterocycles. The van der Waals surface area contributed by atoms with Crippen LogP contribution in [-0.2, 0) is 0 Å². The van der Waals surface area contributed by atoms with Crippen LogP contribution < -0.4 is 0 Å². The number of carbonyl (C=O) groups is 1. The van der Waals surface area contributed by atoms with Gasteiger partial charge in [0.05, 0.1) is 0 Å². The first-order valence-corrected chi connectivity index (χ1v) is 1.89. The molecule has 0 aliphatic carbocycles. The lowest BCUT2D eigenvalue weighted by molar-refractivity contribution is 0.250. The van der Waals surface area contributed by atoms with Crippen molar-refractivity contribution in [2.75, 3.05) is 7.05 Å². The zero-order valence-corrected chi connectivity index (χ0v) is 4.49. The molecule has 0 aromatic rings. The van der Waals surface area contributed by atoms with Gasteiger partial charge in [0, 0.05) is 0 Å². The third-order valence-corrected chi connectivity index (χ3v) is 0.690. The minimum Gasteiger partial charge on any atom is -0.383 e. The maximum Gasteiger partial charge on any atom is 0.303 e. The third kappa shape index (κ3) is 2.09. The molecule has 0 atom stereocenters. The fraction of sp³-hybridized carbons (Fsp3) is 0.500. The Labute approximate surface area is 42.5 Å².